The summed E-state index contributed by atoms with van der Waals surface area (Å²) in [6, 6.07) is -0.823. The molecule has 3 saturated heterocycles. The minimum atomic E-state index is -1.81. The van der Waals surface area contributed by atoms with Crippen molar-refractivity contribution >= 4 is 11.8 Å². The molecule has 0 unspecified atom stereocenters. The molecule has 52 heavy (non-hydrogen) atoms. The predicted molar refractivity (Wildman–Crippen MR) is 193 cm³/mol. The van der Waals surface area contributed by atoms with E-state index >= 15 is 0 Å². The Morgan fingerprint density at radius 1 is 0.962 bits per heavy atom. The van der Waals surface area contributed by atoms with Crippen LogP contribution in [0, 0.1) is 17.8 Å². The third-order valence-corrected chi connectivity index (χ3v) is 12.0. The number of carbonyl (C=O) groups excluding carboxylic acids is 2. The normalized spacial score (nSPS) is 48.2. The molecule has 0 aliphatic carbocycles. The van der Waals surface area contributed by atoms with Crippen molar-refractivity contribution < 1.29 is 58.4 Å². The summed E-state index contributed by atoms with van der Waals surface area (Å²) in [6.07, 6.45) is -7.72. The van der Waals surface area contributed by atoms with E-state index in [1.807, 2.05) is 44.8 Å². The molecule has 0 aromatic carbocycles. The van der Waals surface area contributed by atoms with Crippen LogP contribution in [0.2, 0.25) is 0 Å². The van der Waals surface area contributed by atoms with Crippen LogP contribution < -0.4 is 0 Å². The van der Waals surface area contributed by atoms with E-state index in [-0.39, 0.29) is 43.1 Å². The van der Waals surface area contributed by atoms with Gasteiger partial charge in [-0.05, 0) is 94.8 Å². The van der Waals surface area contributed by atoms with Gasteiger partial charge in [0, 0.05) is 38.1 Å². The summed E-state index contributed by atoms with van der Waals surface area (Å²) in [5.41, 5.74) is -4.59. The molecule has 304 valence electrons. The summed E-state index contributed by atoms with van der Waals surface area (Å²) < 4.78 is 37.2. The molecule has 4 N–H and O–H groups in total. The first kappa shape index (κ1) is 45.1. The maximum absolute atomic E-state index is 14.2. The van der Waals surface area contributed by atoms with Gasteiger partial charge in [0.05, 0.1) is 29.8 Å². The number of ketones is 1. The van der Waals surface area contributed by atoms with E-state index in [1.165, 1.54) is 14.0 Å². The van der Waals surface area contributed by atoms with Crippen molar-refractivity contribution in [2.75, 3.05) is 34.8 Å². The number of rotatable bonds is 7. The summed E-state index contributed by atoms with van der Waals surface area (Å²) >= 11 is 0. The van der Waals surface area contributed by atoms with Crippen LogP contribution in [0.25, 0.3) is 0 Å². The number of hydrogen-bond donors (Lipinski definition) is 4. The molecule has 3 heterocycles. The molecule has 17 atom stereocenters. The summed E-state index contributed by atoms with van der Waals surface area (Å²) in [4.78, 5) is 31.1. The van der Waals surface area contributed by atoms with Crippen LogP contribution in [-0.4, -0.2) is 161 Å². The highest BCUT2D eigenvalue weighted by atomic mass is 16.7. The van der Waals surface area contributed by atoms with Gasteiger partial charge < -0.3 is 58.6 Å². The van der Waals surface area contributed by atoms with Gasteiger partial charge in [-0.25, -0.2) is 0 Å². The summed E-state index contributed by atoms with van der Waals surface area (Å²) in [7, 11) is 7.04. The zero-order valence-electron chi connectivity index (χ0n) is 34.1. The first-order valence-corrected chi connectivity index (χ1v) is 19.0. The van der Waals surface area contributed by atoms with Gasteiger partial charge in [-0.15, -0.1) is 0 Å². The molecule has 0 amide bonds. The number of carbonyl (C=O) groups is 2. The number of nitrogens with zero attached hydrogens (tertiary/aromatic N) is 2. The SMILES string of the molecule is CC[C@H]1OC(=O)[C@H](C)[C@@H](O[C@H]2C[C@@](C)(OC)C(=O)[C@H](C)O2)[C@H](C)[C@@H](O[C@@H]2O[C@H](C)C[C@H](N(C)C)[C@H]2O)[C@@](C)(O)C[C@@H](C)CN(C)[C@H](C)[C@@H](O)[C@]1(C)O. The van der Waals surface area contributed by atoms with Crippen molar-refractivity contribution in [1.29, 1.82) is 0 Å². The number of methoxy groups -OCH3 is 1. The van der Waals surface area contributed by atoms with Gasteiger partial charge in [0.2, 0.25) is 0 Å². The molecule has 0 bridgehead atoms. The van der Waals surface area contributed by atoms with Crippen molar-refractivity contribution in [3.63, 3.8) is 0 Å². The average molecular weight is 747 g/mol. The molecule has 14 heteroatoms. The number of Topliss-reactive ketones (excluding diaryl/α,β-unsaturated/α-hetero) is 1. The smallest absolute Gasteiger partial charge is 0.311 e. The minimum Gasteiger partial charge on any atom is -0.459 e. The molecular formula is C38H70N2O12. The van der Waals surface area contributed by atoms with Gasteiger partial charge in [-0.2, -0.15) is 0 Å². The second-order valence-corrected chi connectivity index (χ2v) is 16.9. The van der Waals surface area contributed by atoms with Gasteiger partial charge in [0.15, 0.2) is 18.4 Å². The lowest BCUT2D eigenvalue weighted by atomic mass is 9.77. The number of ether oxygens (including phenoxy) is 6. The van der Waals surface area contributed by atoms with E-state index in [9.17, 15) is 30.0 Å². The standard InChI is InChI=1S/C38H70N2O12/c1-15-27-38(10,46)31(42)24(6)40(13)19-20(2)17-36(8,45)33(52-35-29(41)26(39(11)12)16-21(3)48-35)22(4)30(23(5)34(44)50-27)51-28-18-37(9,47-14)32(43)25(7)49-28/h20-31,33,35,41-42,45-46H,15-19H2,1-14H3/t20-,21-,22+,23-,24-,25+,26+,27-,28+,29-,30+,31-,33-,35+,36+,37-,38-/m1/s1. The fourth-order valence-corrected chi connectivity index (χ4v) is 8.59. The first-order chi connectivity index (χ1) is 23.9. The van der Waals surface area contributed by atoms with Crippen LogP contribution in [0.3, 0.4) is 0 Å². The van der Waals surface area contributed by atoms with E-state index in [4.69, 9.17) is 28.4 Å². The van der Waals surface area contributed by atoms with Crippen LogP contribution in [0.1, 0.15) is 94.9 Å². The van der Waals surface area contributed by atoms with Crippen molar-refractivity contribution in [3.8, 4) is 0 Å². The molecule has 3 aliphatic heterocycles. The highest BCUT2D eigenvalue weighted by molar-refractivity contribution is 5.91. The number of cyclic esters (lactones) is 1. The Bertz CT molecular complexity index is 1190. The van der Waals surface area contributed by atoms with E-state index < -0.39 is 89.9 Å². The molecule has 0 radical (unpaired) electrons. The van der Waals surface area contributed by atoms with Crippen molar-refractivity contribution in [2.45, 2.75) is 179 Å². The minimum absolute atomic E-state index is 0.0335. The summed E-state index contributed by atoms with van der Waals surface area (Å²) in [6.45, 7) is 17.8. The topological polar surface area (TPSA) is 177 Å². The molecule has 0 aromatic heterocycles. The van der Waals surface area contributed by atoms with Crippen LogP contribution in [0.4, 0.5) is 0 Å². The summed E-state index contributed by atoms with van der Waals surface area (Å²) in [5.74, 6) is -2.90. The molecule has 3 aliphatic rings. The van der Waals surface area contributed by atoms with Crippen LogP contribution in [0.15, 0.2) is 0 Å². The molecule has 3 fully saturated rings. The third kappa shape index (κ3) is 9.92. The van der Waals surface area contributed by atoms with E-state index in [0.29, 0.717) is 13.0 Å². The van der Waals surface area contributed by atoms with Crippen molar-refractivity contribution in [3.05, 3.63) is 0 Å². The Morgan fingerprint density at radius 2 is 1.58 bits per heavy atom. The number of aliphatic hydroxyl groups is 4. The number of aliphatic hydroxyl groups excluding tert-OH is 2. The fourth-order valence-electron chi connectivity index (χ4n) is 8.59. The Kier molecular flexibility index (Phi) is 15.3. The maximum atomic E-state index is 14.2. The zero-order valence-corrected chi connectivity index (χ0v) is 34.1. The number of esters is 1. The van der Waals surface area contributed by atoms with Crippen LogP contribution >= 0.6 is 0 Å². The maximum Gasteiger partial charge on any atom is 0.311 e. The monoisotopic (exact) mass is 746 g/mol. The van der Waals surface area contributed by atoms with E-state index in [2.05, 4.69) is 0 Å². The number of likely N-dealkylation sites (N-methyl/N-ethyl adjacent to an activating group) is 2. The quantitative estimate of drug-likeness (QED) is 0.279. The Morgan fingerprint density at radius 3 is 2.13 bits per heavy atom. The molecule has 0 aromatic rings. The number of hydrogen-bond acceptors (Lipinski definition) is 14. The van der Waals surface area contributed by atoms with Crippen molar-refractivity contribution in [1.82, 2.24) is 9.80 Å². The lowest BCUT2D eigenvalue weighted by molar-refractivity contribution is -0.307. The molecule has 3 rings (SSSR count). The van der Waals surface area contributed by atoms with Crippen LogP contribution in [-0.2, 0) is 38.0 Å². The fraction of sp³-hybridized carbons (Fsp3) is 0.947. The van der Waals surface area contributed by atoms with E-state index in [1.54, 1.807) is 48.5 Å². The lowest BCUT2D eigenvalue weighted by Crippen LogP contribution is -2.60. The zero-order chi connectivity index (χ0) is 39.7. The van der Waals surface area contributed by atoms with Gasteiger partial charge in [-0.3, -0.25) is 9.59 Å². The largest absolute Gasteiger partial charge is 0.459 e. The van der Waals surface area contributed by atoms with E-state index in [0.717, 1.165) is 0 Å². The summed E-state index contributed by atoms with van der Waals surface area (Å²) in [5, 5.41) is 47.2. The predicted octanol–water partition coefficient (Wildman–Crippen LogP) is 2.11. The molecular weight excluding hydrogens is 676 g/mol. The molecule has 0 spiro atoms. The Balaban J connectivity index is 2.18. The third-order valence-electron chi connectivity index (χ3n) is 12.0. The van der Waals surface area contributed by atoms with Crippen molar-refractivity contribution in [2.24, 2.45) is 17.8 Å². The van der Waals surface area contributed by atoms with Gasteiger partial charge in [-0.1, -0.05) is 20.8 Å². The van der Waals surface area contributed by atoms with Gasteiger partial charge in [0.25, 0.3) is 0 Å². The van der Waals surface area contributed by atoms with Crippen LogP contribution in [0.5, 0.6) is 0 Å². The highest BCUT2D eigenvalue weighted by Gasteiger charge is 2.52. The second-order valence-electron chi connectivity index (χ2n) is 16.9. The lowest BCUT2D eigenvalue weighted by Gasteiger charge is -2.48. The van der Waals surface area contributed by atoms with Gasteiger partial charge in [0.1, 0.15) is 35.6 Å². The molecule has 0 saturated carbocycles. The first-order valence-electron chi connectivity index (χ1n) is 19.0. The second kappa shape index (κ2) is 17.7. The Labute approximate surface area is 311 Å². The molecule has 14 nitrogen and oxygen atoms in total. The Hall–Kier alpha value is -1.30. The highest BCUT2D eigenvalue weighted by Crippen LogP contribution is 2.39. The average Bonchev–Trinajstić information content (AvgIpc) is 3.05. The van der Waals surface area contributed by atoms with Gasteiger partial charge >= 0.3 is 5.97 Å².